The van der Waals surface area contributed by atoms with E-state index in [1.165, 1.54) is 33.3 Å². The molecule has 0 saturated carbocycles. The lowest BCUT2D eigenvalue weighted by Gasteiger charge is -2.29. The third-order valence-electron chi connectivity index (χ3n) is 17.4. The molecule has 0 unspecified atom stereocenters. The van der Waals surface area contributed by atoms with Crippen molar-refractivity contribution in [1.82, 2.24) is 89.7 Å². The van der Waals surface area contributed by atoms with Crippen LogP contribution in [0.25, 0.3) is 0 Å². The maximum absolute atomic E-state index is 14.7. The second-order valence-corrected chi connectivity index (χ2v) is 28.8. The van der Waals surface area contributed by atoms with E-state index in [1.807, 2.05) is 0 Å². The van der Waals surface area contributed by atoms with E-state index >= 15 is 0 Å². The molecule has 44 nitrogen and oxygen atoms in total. The number of carboxylic acid groups (broad SMARTS) is 1. The van der Waals surface area contributed by atoms with Gasteiger partial charge in [-0.05, 0) is 68.4 Å². The molecule has 44 heteroatoms. The van der Waals surface area contributed by atoms with Crippen molar-refractivity contribution in [2.24, 2.45) is 46.4 Å². The average Bonchev–Trinajstić information content (AvgIpc) is 1.30. The summed E-state index contributed by atoms with van der Waals surface area (Å²) in [7, 11) is 0. The second-order valence-electron chi connectivity index (χ2n) is 28.8. The fourth-order valence-electron chi connectivity index (χ4n) is 11.2. The normalized spacial score (nSPS) is 14.6. The van der Waals surface area contributed by atoms with Gasteiger partial charge in [-0.15, -0.1) is 0 Å². The van der Waals surface area contributed by atoms with Crippen molar-refractivity contribution in [3.05, 3.63) is 90.0 Å². The summed E-state index contributed by atoms with van der Waals surface area (Å²) in [5, 5.41) is 73.1. The highest BCUT2D eigenvalue weighted by molar-refractivity contribution is 6.02. The smallest absolute Gasteiger partial charge is 0.325 e. The van der Waals surface area contributed by atoms with Crippen LogP contribution in [0, 0.1) is 23.2 Å². The highest BCUT2D eigenvalue weighted by atomic mass is 16.4. The number of aliphatic hydroxyl groups is 2. The molecule has 0 bridgehead atoms. The van der Waals surface area contributed by atoms with Gasteiger partial charge in [0.1, 0.15) is 78.5 Å². The van der Waals surface area contributed by atoms with E-state index in [1.54, 1.807) is 88.4 Å². The van der Waals surface area contributed by atoms with E-state index in [2.05, 4.69) is 89.7 Å². The summed E-state index contributed by atoms with van der Waals surface area (Å²) in [4.78, 5) is 250. The molecule has 14 atom stereocenters. The molecule has 117 heavy (non-hydrogen) atoms. The van der Waals surface area contributed by atoms with Crippen LogP contribution in [-0.2, 0) is 106 Å². The Balaban J connectivity index is 1.86. The predicted molar refractivity (Wildman–Crippen MR) is 416 cm³/mol. The fourth-order valence-corrected chi connectivity index (χ4v) is 11.2. The van der Waals surface area contributed by atoms with E-state index in [0.29, 0.717) is 17.5 Å². The lowest BCUT2D eigenvalue weighted by atomic mass is 9.98. The summed E-state index contributed by atoms with van der Waals surface area (Å²) in [5.74, 6) is -21.5. The van der Waals surface area contributed by atoms with Gasteiger partial charge < -0.3 is 129 Å². The van der Waals surface area contributed by atoms with Crippen molar-refractivity contribution in [2.45, 2.75) is 204 Å². The topological polar surface area (TPSA) is 731 Å². The Hall–Kier alpha value is -12.7. The largest absolute Gasteiger partial charge is 0.480 e. The van der Waals surface area contributed by atoms with E-state index in [9.17, 15) is 96.5 Å². The molecule has 0 aliphatic heterocycles. The molecule has 3 rings (SSSR count). The van der Waals surface area contributed by atoms with E-state index in [-0.39, 0.29) is 62.1 Å². The molecule has 644 valence electrons. The Labute approximate surface area is 673 Å². The zero-order valence-corrected chi connectivity index (χ0v) is 66.2. The van der Waals surface area contributed by atoms with Crippen LogP contribution in [0.5, 0.6) is 0 Å². The third-order valence-corrected chi connectivity index (χ3v) is 17.4. The number of carboxylic acids is 1. The van der Waals surface area contributed by atoms with Gasteiger partial charge in [0.05, 0.1) is 57.1 Å². The van der Waals surface area contributed by atoms with Gasteiger partial charge in [0.2, 0.25) is 100 Å². The van der Waals surface area contributed by atoms with E-state index in [0.717, 1.165) is 6.92 Å². The van der Waals surface area contributed by atoms with Crippen molar-refractivity contribution < 1.29 is 102 Å². The SMILES string of the molecule is CC(C)C[C@H](NC(=O)[C@H](Cc1ccccc1)NC(=O)[C@H](CC(N)=O)NC(=O)[C@H](C)NC(=O)[C@H](CC(C)C)NC(=O)[C@@H](N)CCCNC(=N)N)C(=O)N[C@H](C(=O)N[C@@H](Cc1c[nH]cn1)C(=O)N[C@@H](CO)C(=O)N[C@@H](CO)C(=O)N[C@@H](CC(N)=O)C(=O)N[C@@H](CC(N)=O)C(=O)N[C@@H](Cc1ccccc1)C(=O)NCC(=O)N[C@@H](C)C(=O)O)C(C)C. The van der Waals surface area contributed by atoms with Crippen LogP contribution in [0.3, 0.4) is 0 Å². The molecule has 0 aliphatic rings. The van der Waals surface area contributed by atoms with Crippen LogP contribution in [0.15, 0.2) is 73.2 Å². The zero-order chi connectivity index (χ0) is 87.9. The van der Waals surface area contributed by atoms with Crippen molar-refractivity contribution in [3.63, 3.8) is 0 Å². The number of carbonyl (C=O) groups is 18. The van der Waals surface area contributed by atoms with Gasteiger partial charge in [0.25, 0.3) is 0 Å². The van der Waals surface area contributed by atoms with Crippen LogP contribution < -0.4 is 108 Å². The van der Waals surface area contributed by atoms with Gasteiger partial charge in [0, 0.05) is 32.0 Å². The predicted octanol–water partition coefficient (Wildman–Crippen LogP) is -9.07. The number of rotatable bonds is 52. The number of hydrogen-bond acceptors (Lipinski definition) is 23. The molecule has 1 heterocycles. The summed E-state index contributed by atoms with van der Waals surface area (Å²) in [6, 6.07) is -6.59. The number of aliphatic carboxylic acids is 1. The highest BCUT2D eigenvalue weighted by Crippen LogP contribution is 2.14. The maximum Gasteiger partial charge on any atom is 0.325 e. The molecule has 1 aromatic heterocycles. The van der Waals surface area contributed by atoms with Gasteiger partial charge in [-0.1, -0.05) is 102 Å². The van der Waals surface area contributed by atoms with Gasteiger partial charge in [-0.25, -0.2) is 4.98 Å². The fraction of sp³-hybridized carbons (Fsp3) is 0.534. The molecule has 0 radical (unpaired) electrons. The molecule has 30 N–H and O–H groups in total. The summed E-state index contributed by atoms with van der Waals surface area (Å²) < 4.78 is 0. The highest BCUT2D eigenvalue weighted by Gasteiger charge is 2.39. The van der Waals surface area contributed by atoms with Crippen LogP contribution >= 0.6 is 0 Å². The number of imidazole rings is 1. The first-order valence-electron chi connectivity index (χ1n) is 37.4. The molecular formula is C73H111N23O21. The number of H-pyrrole nitrogens is 1. The Morgan fingerprint density at radius 1 is 0.419 bits per heavy atom. The van der Waals surface area contributed by atoms with Gasteiger partial charge >= 0.3 is 5.97 Å². The third kappa shape index (κ3) is 36.5. The average molecular weight is 1650 g/mol. The number of aromatic amines is 1. The van der Waals surface area contributed by atoms with Crippen LogP contribution in [0.2, 0.25) is 0 Å². The van der Waals surface area contributed by atoms with Crippen LogP contribution in [0.1, 0.15) is 117 Å². The Kier molecular flexibility index (Phi) is 41.9. The second kappa shape index (κ2) is 49.8. The Morgan fingerprint density at radius 3 is 1.19 bits per heavy atom. The van der Waals surface area contributed by atoms with Crippen molar-refractivity contribution >= 4 is 112 Å². The number of primary amides is 3. The van der Waals surface area contributed by atoms with Gasteiger partial charge in [-0.3, -0.25) is 91.7 Å². The molecule has 3 aromatic rings. The lowest BCUT2D eigenvalue weighted by Crippen LogP contribution is -2.62. The molecule has 17 amide bonds. The number of amides is 17. The summed E-state index contributed by atoms with van der Waals surface area (Å²) >= 11 is 0. The minimum Gasteiger partial charge on any atom is -0.480 e. The van der Waals surface area contributed by atoms with E-state index < -0.39 is 242 Å². The number of hydrogen-bond donors (Lipinski definition) is 25. The molecule has 0 saturated heterocycles. The Morgan fingerprint density at radius 2 is 0.786 bits per heavy atom. The number of benzene rings is 2. The van der Waals surface area contributed by atoms with Crippen LogP contribution in [0.4, 0.5) is 0 Å². The molecule has 2 aromatic carbocycles. The zero-order valence-electron chi connectivity index (χ0n) is 66.2. The molecule has 0 fully saturated rings. The van der Waals surface area contributed by atoms with Crippen molar-refractivity contribution in [2.75, 3.05) is 26.3 Å². The minimum atomic E-state index is -2.08. The quantitative estimate of drug-likeness (QED) is 0.0142. The van der Waals surface area contributed by atoms with E-state index in [4.69, 9.17) is 39.2 Å². The lowest BCUT2D eigenvalue weighted by molar-refractivity contribution is -0.141. The Bertz CT molecular complexity index is 3930. The first-order valence-corrected chi connectivity index (χ1v) is 37.4. The molecule has 0 aliphatic carbocycles. The monoisotopic (exact) mass is 1650 g/mol. The van der Waals surface area contributed by atoms with Crippen molar-refractivity contribution in [1.29, 1.82) is 5.41 Å². The van der Waals surface area contributed by atoms with Crippen molar-refractivity contribution in [3.8, 4) is 0 Å². The number of nitrogens with zero attached hydrogens (tertiary/aromatic N) is 1. The molecular weight excluding hydrogens is 1530 g/mol. The minimum absolute atomic E-state index is 0.0989. The first kappa shape index (κ1) is 98.5. The summed E-state index contributed by atoms with van der Waals surface area (Å²) in [6.45, 7) is 9.43. The number of nitrogens with two attached hydrogens (primary N) is 5. The van der Waals surface area contributed by atoms with Gasteiger partial charge in [0.15, 0.2) is 5.96 Å². The molecule has 0 spiro atoms. The maximum atomic E-state index is 14.7. The number of aromatic nitrogens is 2. The summed E-state index contributed by atoms with van der Waals surface area (Å²) in [5.41, 5.74) is 28.9. The summed E-state index contributed by atoms with van der Waals surface area (Å²) in [6.07, 6.45) is -0.681. The number of nitrogens with one attached hydrogen (secondary N) is 17. The van der Waals surface area contributed by atoms with Crippen LogP contribution in [-0.4, -0.2) is 249 Å². The first-order chi connectivity index (χ1) is 55.0. The standard InChI is InChI=1S/C73H111N23O21/c1-35(2)22-44(87-60(104)43(74)20-15-21-81-73(78)79)62(106)85-38(7)59(103)86-49(27-54(75)99)65(109)90-47(25-41-18-13-10-14-19-41)63(107)88-45(23-36(3)4)68(112)96-58(37(5)6)71(115)93-48(26-42-30-80-34-83-42)64(108)94-53(33-98)70(114)95-52(32-97)69(113)92-51(29-56(77)101)67(111)91-50(28-55(76)100)66(110)89-46(24-40-16-11-9-12-17-40)61(105)82-31-57(102)84-39(8)72(116)117/h9-14,16-19,30,34-39,43-53,58,97-98H,15,20-29,31-33,74H2,1-8H3,(H2,75,99)(H2,76,100)(H2,77,101)(H,80,83)(H,82,105)(H,84,102)(H,85,106)(H,86,103)(H,87,104)(H,88,107)(H,89,110)(H,90,109)(H,91,111)(H,92,113)(H,93,115)(H,94,108)(H,95,114)(H,96,112)(H,116,117)(H4,78,79,81)/t38-,39-,43-,44-,45-,46-,47-,48-,49-,50-,51-,52-,53-,58-/m0/s1. The van der Waals surface area contributed by atoms with Gasteiger partial charge in [-0.2, -0.15) is 0 Å². The number of aliphatic hydroxyl groups excluding tert-OH is 2. The number of carbonyl (C=O) groups excluding carboxylic acids is 17. The number of guanidine groups is 1.